The molecule has 0 aliphatic carbocycles. The number of fused-ring (bicyclic) bond motifs is 1. The standard InChI is InChI=1S/C18H17N3O5/c1-20-14(8-9-19-20)15-13(7-4-10-25-15)18(24)26-21-16(22)11-5-2-3-6-12(11)17(21)23/h2-3,5-6,8-9,13,15H,4,7,10H2,1H3/t13-,15-/m1/s1. The molecule has 0 unspecified atom stereocenters. The fourth-order valence-electron chi connectivity index (χ4n) is 3.38. The molecule has 8 nitrogen and oxygen atoms in total. The number of hydrogen-bond donors (Lipinski definition) is 0. The van der Waals surface area contributed by atoms with E-state index in [-0.39, 0.29) is 11.1 Å². The molecule has 2 amide bonds. The predicted molar refractivity (Wildman–Crippen MR) is 87.7 cm³/mol. The summed E-state index contributed by atoms with van der Waals surface area (Å²) in [4.78, 5) is 42.7. The van der Waals surface area contributed by atoms with E-state index in [9.17, 15) is 14.4 Å². The average Bonchev–Trinajstić information content (AvgIpc) is 3.19. The SMILES string of the molecule is Cn1nccc1[C@@H]1OCCC[C@H]1C(=O)ON1C(=O)c2ccccc2C1=O. The number of aromatic nitrogens is 2. The second-order valence-corrected chi connectivity index (χ2v) is 6.28. The second-order valence-electron chi connectivity index (χ2n) is 6.28. The normalized spacial score (nSPS) is 22.4. The topological polar surface area (TPSA) is 90.7 Å². The van der Waals surface area contributed by atoms with Gasteiger partial charge in [0.2, 0.25) is 0 Å². The zero-order valence-electron chi connectivity index (χ0n) is 14.1. The third-order valence-corrected chi connectivity index (χ3v) is 4.71. The molecule has 0 radical (unpaired) electrons. The average molecular weight is 355 g/mol. The van der Waals surface area contributed by atoms with E-state index in [2.05, 4.69) is 5.10 Å². The highest BCUT2D eigenvalue weighted by molar-refractivity contribution is 6.20. The lowest BCUT2D eigenvalue weighted by Gasteiger charge is -2.30. The first kappa shape index (κ1) is 16.5. The predicted octanol–water partition coefficient (Wildman–Crippen LogP) is 1.64. The Balaban J connectivity index is 1.55. The number of aryl methyl sites for hydroxylation is 1. The van der Waals surface area contributed by atoms with E-state index < -0.39 is 29.8 Å². The molecule has 4 rings (SSSR count). The molecule has 2 aromatic rings. The van der Waals surface area contributed by atoms with Crippen molar-refractivity contribution in [2.45, 2.75) is 18.9 Å². The number of amides is 2. The van der Waals surface area contributed by atoms with Gasteiger partial charge in [0.1, 0.15) is 6.10 Å². The Morgan fingerprint density at radius 1 is 1.19 bits per heavy atom. The van der Waals surface area contributed by atoms with E-state index in [0.717, 1.165) is 5.69 Å². The van der Waals surface area contributed by atoms with Crippen molar-refractivity contribution in [1.29, 1.82) is 0 Å². The molecule has 2 aliphatic rings. The lowest BCUT2D eigenvalue weighted by Crippen LogP contribution is -2.38. The van der Waals surface area contributed by atoms with E-state index in [4.69, 9.17) is 9.57 Å². The van der Waals surface area contributed by atoms with Gasteiger partial charge in [-0.25, -0.2) is 4.79 Å². The van der Waals surface area contributed by atoms with Crippen molar-refractivity contribution >= 4 is 17.8 Å². The maximum absolute atomic E-state index is 12.7. The Kier molecular flexibility index (Phi) is 4.04. The molecule has 2 atom stereocenters. The van der Waals surface area contributed by atoms with Gasteiger partial charge in [-0.15, -0.1) is 0 Å². The van der Waals surface area contributed by atoms with Crippen molar-refractivity contribution < 1.29 is 24.0 Å². The van der Waals surface area contributed by atoms with Gasteiger partial charge in [0.05, 0.1) is 22.7 Å². The van der Waals surface area contributed by atoms with E-state index in [1.54, 1.807) is 36.1 Å². The van der Waals surface area contributed by atoms with Crippen LogP contribution < -0.4 is 0 Å². The van der Waals surface area contributed by atoms with Gasteiger partial charge in [-0.3, -0.25) is 14.3 Å². The number of nitrogens with zero attached hydrogens (tertiary/aromatic N) is 3. The van der Waals surface area contributed by atoms with Crippen LogP contribution in [-0.2, 0) is 21.4 Å². The van der Waals surface area contributed by atoms with Gasteiger partial charge in [0.15, 0.2) is 0 Å². The van der Waals surface area contributed by atoms with Crippen molar-refractivity contribution in [3.63, 3.8) is 0 Å². The van der Waals surface area contributed by atoms with Gasteiger partial charge in [0.25, 0.3) is 11.8 Å². The van der Waals surface area contributed by atoms with Crippen molar-refractivity contribution in [3.05, 3.63) is 53.3 Å². The molecule has 1 aromatic heterocycles. The lowest BCUT2D eigenvalue weighted by atomic mass is 9.92. The van der Waals surface area contributed by atoms with Crippen LogP contribution in [0, 0.1) is 5.92 Å². The molecular weight excluding hydrogens is 338 g/mol. The minimum Gasteiger partial charge on any atom is -0.371 e. The van der Waals surface area contributed by atoms with Gasteiger partial charge >= 0.3 is 5.97 Å². The quantitative estimate of drug-likeness (QED) is 0.778. The minimum atomic E-state index is -0.662. The van der Waals surface area contributed by atoms with Crippen molar-refractivity contribution in [3.8, 4) is 0 Å². The van der Waals surface area contributed by atoms with E-state index in [1.807, 2.05) is 0 Å². The molecule has 0 saturated carbocycles. The molecule has 26 heavy (non-hydrogen) atoms. The zero-order chi connectivity index (χ0) is 18.3. The summed E-state index contributed by atoms with van der Waals surface area (Å²) >= 11 is 0. The van der Waals surface area contributed by atoms with Crippen molar-refractivity contribution in [2.75, 3.05) is 6.61 Å². The van der Waals surface area contributed by atoms with Gasteiger partial charge in [-0.1, -0.05) is 17.2 Å². The summed E-state index contributed by atoms with van der Waals surface area (Å²) < 4.78 is 7.40. The third-order valence-electron chi connectivity index (χ3n) is 4.71. The summed E-state index contributed by atoms with van der Waals surface area (Å²) in [5.41, 5.74) is 1.20. The van der Waals surface area contributed by atoms with E-state index >= 15 is 0 Å². The highest BCUT2D eigenvalue weighted by Crippen LogP contribution is 2.35. The molecule has 0 N–H and O–H groups in total. The summed E-state index contributed by atoms with van der Waals surface area (Å²) in [6, 6.07) is 8.15. The molecule has 3 heterocycles. The van der Waals surface area contributed by atoms with Crippen LogP contribution >= 0.6 is 0 Å². The molecule has 0 bridgehead atoms. The summed E-state index contributed by atoms with van der Waals surface area (Å²) in [5.74, 6) is -2.55. The Hall–Kier alpha value is -3.00. The first-order valence-corrected chi connectivity index (χ1v) is 8.37. The summed E-state index contributed by atoms with van der Waals surface area (Å²) in [6.07, 6.45) is 2.33. The number of ether oxygens (including phenoxy) is 1. The smallest absolute Gasteiger partial charge is 0.339 e. The monoisotopic (exact) mass is 355 g/mol. The van der Waals surface area contributed by atoms with Crippen molar-refractivity contribution in [2.24, 2.45) is 13.0 Å². The number of rotatable bonds is 3. The van der Waals surface area contributed by atoms with Gasteiger partial charge < -0.3 is 9.57 Å². The fourth-order valence-corrected chi connectivity index (χ4v) is 3.38. The van der Waals surface area contributed by atoms with Crippen LogP contribution in [0.15, 0.2) is 36.5 Å². The Labute approximate surface area is 149 Å². The molecular formula is C18H17N3O5. The summed E-state index contributed by atoms with van der Waals surface area (Å²) in [6.45, 7) is 0.520. The molecule has 8 heteroatoms. The van der Waals surface area contributed by atoms with Gasteiger partial charge in [-0.05, 0) is 31.0 Å². The Bertz CT molecular complexity index is 855. The molecule has 2 aliphatic heterocycles. The second kappa shape index (κ2) is 6.38. The van der Waals surface area contributed by atoms with E-state index in [1.165, 1.54) is 12.1 Å². The Morgan fingerprint density at radius 3 is 2.50 bits per heavy atom. The molecule has 134 valence electrons. The summed E-state index contributed by atoms with van der Waals surface area (Å²) in [5, 5.41) is 4.65. The van der Waals surface area contributed by atoms with Crippen molar-refractivity contribution in [1.82, 2.24) is 14.8 Å². The first-order valence-electron chi connectivity index (χ1n) is 8.37. The van der Waals surface area contributed by atoms with Crippen LogP contribution in [0.4, 0.5) is 0 Å². The first-order chi connectivity index (χ1) is 12.6. The van der Waals surface area contributed by atoms with Crippen LogP contribution in [0.5, 0.6) is 0 Å². The van der Waals surface area contributed by atoms with Gasteiger partial charge in [0, 0.05) is 19.9 Å². The van der Waals surface area contributed by atoms with Crippen LogP contribution in [0.2, 0.25) is 0 Å². The number of carbonyl (C=O) groups is 3. The molecule has 1 aromatic carbocycles. The third kappa shape index (κ3) is 2.59. The maximum Gasteiger partial charge on any atom is 0.339 e. The largest absolute Gasteiger partial charge is 0.371 e. The number of hydrogen-bond acceptors (Lipinski definition) is 6. The van der Waals surface area contributed by atoms with Crippen LogP contribution in [0.25, 0.3) is 0 Å². The van der Waals surface area contributed by atoms with Crippen LogP contribution in [0.1, 0.15) is 45.4 Å². The highest BCUT2D eigenvalue weighted by atomic mass is 16.7. The van der Waals surface area contributed by atoms with Crippen LogP contribution in [-0.4, -0.2) is 39.2 Å². The summed E-state index contributed by atoms with van der Waals surface area (Å²) in [7, 11) is 1.76. The minimum absolute atomic E-state index is 0.230. The lowest BCUT2D eigenvalue weighted by molar-refractivity contribution is -0.183. The molecule has 1 fully saturated rings. The number of benzene rings is 1. The fraction of sp³-hybridized carbons (Fsp3) is 0.333. The number of carbonyl (C=O) groups excluding carboxylic acids is 3. The molecule has 0 spiro atoms. The Morgan fingerprint density at radius 2 is 1.88 bits per heavy atom. The zero-order valence-corrected chi connectivity index (χ0v) is 14.1. The van der Waals surface area contributed by atoms with Gasteiger partial charge in [-0.2, -0.15) is 5.10 Å². The van der Waals surface area contributed by atoms with Crippen LogP contribution in [0.3, 0.4) is 0 Å². The maximum atomic E-state index is 12.7. The van der Waals surface area contributed by atoms with E-state index in [0.29, 0.717) is 24.5 Å². The molecule has 1 saturated heterocycles. The number of imide groups is 1. The number of hydroxylamine groups is 2. The highest BCUT2D eigenvalue weighted by Gasteiger charge is 2.42.